The molecule has 0 spiro atoms. The number of rotatable bonds is 4. The summed E-state index contributed by atoms with van der Waals surface area (Å²) in [6, 6.07) is 16.6. The lowest BCUT2D eigenvalue weighted by atomic mass is 10.1. The van der Waals surface area contributed by atoms with E-state index in [1.165, 1.54) is 16.8 Å². The van der Waals surface area contributed by atoms with Gasteiger partial charge in [-0.05, 0) is 71.9 Å². The molecule has 0 aliphatic carbocycles. The van der Waals surface area contributed by atoms with Gasteiger partial charge in [0.2, 0.25) is 5.17 Å². The van der Waals surface area contributed by atoms with E-state index >= 15 is 0 Å². The summed E-state index contributed by atoms with van der Waals surface area (Å²) < 4.78 is 5.37. The fraction of sp³-hybridized carbons (Fsp3) is 0. The Balaban J connectivity index is 1.33. The monoisotopic (exact) mass is 487 g/mol. The van der Waals surface area contributed by atoms with Gasteiger partial charge in [-0.25, -0.2) is 4.79 Å². The van der Waals surface area contributed by atoms with Crippen LogP contribution in [0.5, 0.6) is 5.75 Å². The van der Waals surface area contributed by atoms with Gasteiger partial charge in [-0.3, -0.25) is 15.2 Å². The number of thioether (sulfide) groups is 1. The SMILES string of the molecule is N=C1/C(=C/c2ccc(OC(=O)c3ccc(Cl)cc3)cc2)C(=O)N=C2SC(c3cccnc3)=NN12. The van der Waals surface area contributed by atoms with Crippen LogP contribution in [-0.4, -0.2) is 37.9 Å². The van der Waals surface area contributed by atoms with Crippen LogP contribution in [0, 0.1) is 5.41 Å². The number of carbonyl (C=O) groups excluding carboxylic acids is 2. The summed E-state index contributed by atoms with van der Waals surface area (Å²) in [4.78, 5) is 33.0. The highest BCUT2D eigenvalue weighted by atomic mass is 35.5. The van der Waals surface area contributed by atoms with Crippen LogP contribution >= 0.6 is 23.4 Å². The molecule has 5 rings (SSSR count). The third-order valence-corrected chi connectivity index (χ3v) is 6.05. The van der Waals surface area contributed by atoms with E-state index in [0.29, 0.717) is 32.1 Å². The lowest BCUT2D eigenvalue weighted by molar-refractivity contribution is -0.114. The molecule has 1 amide bonds. The summed E-state index contributed by atoms with van der Waals surface area (Å²) in [5.74, 6) is -0.763. The van der Waals surface area contributed by atoms with Crippen molar-refractivity contribution in [1.82, 2.24) is 9.99 Å². The van der Waals surface area contributed by atoms with Crippen LogP contribution in [0.3, 0.4) is 0 Å². The van der Waals surface area contributed by atoms with Crippen LogP contribution < -0.4 is 4.74 Å². The molecule has 3 heterocycles. The number of amidine groups is 2. The minimum atomic E-state index is -0.523. The molecule has 2 aliphatic heterocycles. The van der Waals surface area contributed by atoms with Gasteiger partial charge in [-0.1, -0.05) is 23.7 Å². The third-order valence-electron chi connectivity index (χ3n) is 4.84. The number of aliphatic imine (C=N–C) groups is 1. The summed E-state index contributed by atoms with van der Waals surface area (Å²) >= 11 is 7.05. The van der Waals surface area contributed by atoms with E-state index in [4.69, 9.17) is 21.7 Å². The van der Waals surface area contributed by atoms with Gasteiger partial charge in [-0.2, -0.15) is 15.1 Å². The molecule has 0 bridgehead atoms. The third kappa shape index (κ3) is 4.39. The molecule has 3 aromatic rings. The number of pyridine rings is 1. The van der Waals surface area contributed by atoms with Crippen molar-refractivity contribution in [2.75, 3.05) is 0 Å². The minimum absolute atomic E-state index is 0.0698. The first-order chi connectivity index (χ1) is 16.5. The number of hydrogen-bond donors (Lipinski definition) is 1. The molecule has 1 N–H and O–H groups in total. The normalized spacial score (nSPS) is 16.3. The number of amides is 1. The second-order valence-electron chi connectivity index (χ2n) is 7.13. The summed E-state index contributed by atoms with van der Waals surface area (Å²) in [5, 5.41) is 15.7. The number of hydrazone groups is 1. The lowest BCUT2D eigenvalue weighted by Gasteiger charge is -2.20. The Bertz CT molecular complexity index is 1400. The first kappa shape index (κ1) is 21.7. The van der Waals surface area contributed by atoms with Gasteiger partial charge in [0.05, 0.1) is 11.1 Å². The van der Waals surface area contributed by atoms with Crippen molar-refractivity contribution in [3.63, 3.8) is 0 Å². The molecule has 34 heavy (non-hydrogen) atoms. The molecular weight excluding hydrogens is 474 g/mol. The van der Waals surface area contributed by atoms with Gasteiger partial charge in [0.15, 0.2) is 5.84 Å². The van der Waals surface area contributed by atoms with Gasteiger partial charge in [0.25, 0.3) is 5.91 Å². The molecule has 166 valence electrons. The number of fused-ring (bicyclic) bond motifs is 1. The maximum Gasteiger partial charge on any atom is 0.343 e. The fourth-order valence-corrected chi connectivity index (χ4v) is 4.16. The number of nitrogens with one attached hydrogen (secondary N) is 1. The summed E-state index contributed by atoms with van der Waals surface area (Å²) in [6.45, 7) is 0. The van der Waals surface area contributed by atoms with Crippen LogP contribution in [0.1, 0.15) is 21.5 Å². The van der Waals surface area contributed by atoms with E-state index in [9.17, 15) is 9.59 Å². The molecule has 8 nitrogen and oxygen atoms in total. The zero-order valence-electron chi connectivity index (χ0n) is 17.3. The van der Waals surface area contributed by atoms with E-state index < -0.39 is 11.9 Å². The number of benzene rings is 2. The van der Waals surface area contributed by atoms with Crippen molar-refractivity contribution >= 4 is 57.4 Å². The van der Waals surface area contributed by atoms with Crippen molar-refractivity contribution < 1.29 is 14.3 Å². The molecule has 0 saturated heterocycles. The molecule has 0 atom stereocenters. The van der Waals surface area contributed by atoms with Gasteiger partial charge in [0, 0.05) is 23.0 Å². The zero-order valence-corrected chi connectivity index (χ0v) is 18.9. The second kappa shape index (κ2) is 9.05. The van der Waals surface area contributed by atoms with Crippen molar-refractivity contribution in [1.29, 1.82) is 5.41 Å². The van der Waals surface area contributed by atoms with E-state index in [-0.39, 0.29) is 11.4 Å². The molecule has 2 aromatic carbocycles. The Labute approximate surface area is 203 Å². The molecule has 1 aromatic heterocycles. The Kier molecular flexibility index (Phi) is 5.79. The van der Waals surface area contributed by atoms with Gasteiger partial charge >= 0.3 is 5.97 Å². The van der Waals surface area contributed by atoms with E-state index in [1.807, 2.05) is 6.07 Å². The number of aromatic nitrogens is 1. The molecule has 2 aliphatic rings. The highest BCUT2D eigenvalue weighted by Crippen LogP contribution is 2.30. The summed E-state index contributed by atoms with van der Waals surface area (Å²) in [5.41, 5.74) is 1.90. The molecular formula is C24H14ClN5O3S. The smallest absolute Gasteiger partial charge is 0.343 e. The molecule has 0 saturated carbocycles. The van der Waals surface area contributed by atoms with Crippen LogP contribution in [-0.2, 0) is 4.79 Å². The highest BCUT2D eigenvalue weighted by molar-refractivity contribution is 8.27. The quantitative estimate of drug-likeness (QED) is 0.327. The number of esters is 1. The number of nitrogens with zero attached hydrogens (tertiary/aromatic N) is 4. The molecule has 10 heteroatoms. The summed E-state index contributed by atoms with van der Waals surface area (Å²) in [7, 11) is 0. The van der Waals surface area contributed by atoms with Crippen molar-refractivity contribution in [2.24, 2.45) is 10.1 Å². The first-order valence-corrected chi connectivity index (χ1v) is 11.2. The van der Waals surface area contributed by atoms with Crippen LogP contribution in [0.25, 0.3) is 6.08 Å². The number of hydrogen-bond acceptors (Lipinski definition) is 7. The topological polar surface area (TPSA) is 108 Å². The standard InChI is InChI=1S/C24H14ClN5O3S/c25-17-7-5-15(6-8-17)23(32)33-18-9-3-14(4-10-18)12-19-20(26)30-24(28-21(19)31)34-22(29-30)16-2-1-11-27-13-16/h1-13,26H/b19-12-,26-20?. The zero-order chi connectivity index (χ0) is 23.7. The molecule has 0 fully saturated rings. The average molecular weight is 488 g/mol. The van der Waals surface area contributed by atoms with Crippen LogP contribution in [0.2, 0.25) is 5.02 Å². The van der Waals surface area contributed by atoms with Crippen molar-refractivity contribution in [2.45, 2.75) is 0 Å². The molecule has 0 radical (unpaired) electrons. The maximum absolute atomic E-state index is 12.6. The predicted octanol–water partition coefficient (Wildman–Crippen LogP) is 4.62. The van der Waals surface area contributed by atoms with Crippen molar-refractivity contribution in [3.05, 3.63) is 100 Å². The average Bonchev–Trinajstić information content (AvgIpc) is 3.28. The maximum atomic E-state index is 12.6. The van der Waals surface area contributed by atoms with E-state index in [2.05, 4.69) is 15.1 Å². The Morgan fingerprint density at radius 2 is 1.85 bits per heavy atom. The Morgan fingerprint density at radius 1 is 1.09 bits per heavy atom. The van der Waals surface area contributed by atoms with E-state index in [1.54, 1.807) is 73.1 Å². The lowest BCUT2D eigenvalue weighted by Crippen LogP contribution is -2.35. The second-order valence-corrected chi connectivity index (χ2v) is 8.52. The van der Waals surface area contributed by atoms with Gasteiger partial charge in [0.1, 0.15) is 10.8 Å². The fourth-order valence-electron chi connectivity index (χ4n) is 3.15. The number of ether oxygens (including phenoxy) is 1. The minimum Gasteiger partial charge on any atom is -0.423 e. The Hall–Kier alpha value is -4.08. The van der Waals surface area contributed by atoms with E-state index in [0.717, 1.165) is 5.56 Å². The molecule has 0 unspecified atom stereocenters. The van der Waals surface area contributed by atoms with Gasteiger partial charge < -0.3 is 4.74 Å². The summed E-state index contributed by atoms with van der Waals surface area (Å²) in [6.07, 6.45) is 4.87. The predicted molar refractivity (Wildman–Crippen MR) is 131 cm³/mol. The highest BCUT2D eigenvalue weighted by Gasteiger charge is 2.36. The number of halogens is 1. The Morgan fingerprint density at radius 3 is 2.56 bits per heavy atom. The number of carbonyl (C=O) groups is 2. The van der Waals surface area contributed by atoms with Crippen molar-refractivity contribution in [3.8, 4) is 5.75 Å². The van der Waals surface area contributed by atoms with Gasteiger partial charge in [-0.15, -0.1) is 0 Å². The van der Waals surface area contributed by atoms with Crippen LogP contribution in [0.4, 0.5) is 0 Å². The van der Waals surface area contributed by atoms with Crippen LogP contribution in [0.15, 0.2) is 88.7 Å². The first-order valence-electron chi connectivity index (χ1n) is 9.96. The largest absolute Gasteiger partial charge is 0.423 e.